The number of ether oxygens (including phenoxy) is 4. The summed E-state index contributed by atoms with van der Waals surface area (Å²) >= 11 is 1.19. The van der Waals surface area contributed by atoms with Crippen molar-refractivity contribution in [2.24, 2.45) is 4.99 Å². The van der Waals surface area contributed by atoms with E-state index in [9.17, 15) is 18.4 Å². The molecule has 8 nitrogen and oxygen atoms in total. The van der Waals surface area contributed by atoms with E-state index in [1.54, 1.807) is 69.5 Å². The molecule has 0 amide bonds. The molecule has 11 heteroatoms. The number of hydrogen-bond acceptors (Lipinski definition) is 8. The fraction of sp³-hybridized carbons (Fsp3) is 0.219. The highest BCUT2D eigenvalue weighted by Crippen LogP contribution is 2.32. The monoisotopic (exact) mass is 606 g/mol. The lowest BCUT2D eigenvalue weighted by Crippen LogP contribution is -2.39. The Hall–Kier alpha value is -4.77. The van der Waals surface area contributed by atoms with Gasteiger partial charge in [-0.3, -0.25) is 9.36 Å². The normalized spacial score (nSPS) is 14.7. The van der Waals surface area contributed by atoms with Crippen molar-refractivity contribution >= 4 is 23.4 Å². The van der Waals surface area contributed by atoms with Crippen LogP contribution in [0.5, 0.6) is 17.2 Å². The molecule has 4 aromatic rings. The van der Waals surface area contributed by atoms with Crippen molar-refractivity contribution < 1.29 is 32.5 Å². The van der Waals surface area contributed by atoms with E-state index >= 15 is 0 Å². The van der Waals surface area contributed by atoms with E-state index in [1.165, 1.54) is 29.1 Å². The highest BCUT2D eigenvalue weighted by Gasteiger charge is 2.33. The van der Waals surface area contributed by atoms with Crippen LogP contribution in [-0.2, 0) is 16.1 Å². The minimum atomic E-state index is -0.819. The van der Waals surface area contributed by atoms with E-state index in [1.807, 2.05) is 0 Å². The van der Waals surface area contributed by atoms with E-state index in [0.717, 1.165) is 12.1 Å². The van der Waals surface area contributed by atoms with Crippen molar-refractivity contribution in [2.75, 3.05) is 20.8 Å². The third-order valence-electron chi connectivity index (χ3n) is 6.83. The van der Waals surface area contributed by atoms with Crippen LogP contribution in [-0.4, -0.2) is 31.4 Å². The predicted molar refractivity (Wildman–Crippen MR) is 157 cm³/mol. The van der Waals surface area contributed by atoms with Crippen molar-refractivity contribution in [3.05, 3.63) is 120 Å². The number of allylic oxidation sites excluding steroid dienone is 1. The average molecular weight is 607 g/mol. The first-order valence-corrected chi connectivity index (χ1v) is 14.1. The van der Waals surface area contributed by atoms with Gasteiger partial charge in [0.2, 0.25) is 0 Å². The van der Waals surface area contributed by atoms with Crippen molar-refractivity contribution in [2.45, 2.75) is 26.5 Å². The number of esters is 1. The summed E-state index contributed by atoms with van der Waals surface area (Å²) in [5.41, 5.74) is 2.35. The van der Waals surface area contributed by atoms with Crippen LogP contribution in [0.3, 0.4) is 0 Å². The van der Waals surface area contributed by atoms with E-state index in [-0.39, 0.29) is 30.1 Å². The maximum absolute atomic E-state index is 14.1. The smallest absolute Gasteiger partial charge is 0.338 e. The largest absolute Gasteiger partial charge is 0.497 e. The second-order valence-corrected chi connectivity index (χ2v) is 10.5. The fourth-order valence-corrected chi connectivity index (χ4v) is 5.84. The Kier molecular flexibility index (Phi) is 8.72. The van der Waals surface area contributed by atoms with Gasteiger partial charge in [-0.25, -0.2) is 18.6 Å². The summed E-state index contributed by atoms with van der Waals surface area (Å²) < 4.78 is 51.0. The molecule has 0 saturated heterocycles. The number of nitrogens with zero attached hydrogens (tertiary/aromatic N) is 2. The number of halogens is 2. The topological polar surface area (TPSA) is 88.4 Å². The summed E-state index contributed by atoms with van der Waals surface area (Å²) in [6.45, 7) is 3.55. The van der Waals surface area contributed by atoms with Crippen molar-refractivity contribution in [1.82, 2.24) is 4.57 Å². The molecule has 5 rings (SSSR count). The van der Waals surface area contributed by atoms with E-state index in [2.05, 4.69) is 4.99 Å². The number of benzene rings is 3. The van der Waals surface area contributed by atoms with Gasteiger partial charge in [-0.2, -0.15) is 0 Å². The Balaban J connectivity index is 1.57. The minimum absolute atomic E-state index is 0.0613. The molecule has 0 N–H and O–H groups in total. The van der Waals surface area contributed by atoms with E-state index < -0.39 is 23.6 Å². The van der Waals surface area contributed by atoms with Gasteiger partial charge >= 0.3 is 5.97 Å². The third-order valence-corrected chi connectivity index (χ3v) is 7.81. The highest BCUT2D eigenvalue weighted by atomic mass is 32.1. The van der Waals surface area contributed by atoms with Gasteiger partial charge in [-0.1, -0.05) is 29.5 Å². The first kappa shape index (κ1) is 29.7. The van der Waals surface area contributed by atoms with Crippen LogP contribution in [0.15, 0.2) is 81.7 Å². The lowest BCUT2D eigenvalue weighted by Gasteiger charge is -2.24. The Morgan fingerprint density at radius 1 is 1.02 bits per heavy atom. The van der Waals surface area contributed by atoms with Gasteiger partial charge in [0.15, 0.2) is 16.4 Å². The maximum Gasteiger partial charge on any atom is 0.338 e. The molecule has 43 heavy (non-hydrogen) atoms. The van der Waals surface area contributed by atoms with Crippen LogP contribution < -0.4 is 29.1 Å². The lowest BCUT2D eigenvalue weighted by atomic mass is 9.96. The SMILES string of the molecule is CCOC(=O)C1=C(C)N=c2sc(=Cc3ccc(OC)c(COc4ccc(F)cc4F)c3)c(=O)n2[C@@H]1c1ccc(OC)cc1. The summed E-state index contributed by atoms with van der Waals surface area (Å²) in [5, 5.41) is 0. The Bertz CT molecular complexity index is 1900. The molecule has 3 aromatic carbocycles. The van der Waals surface area contributed by atoms with Crippen LogP contribution in [0.2, 0.25) is 0 Å². The summed E-state index contributed by atoms with van der Waals surface area (Å²) in [6.07, 6.45) is 1.71. The van der Waals surface area contributed by atoms with Gasteiger partial charge in [0.1, 0.15) is 23.9 Å². The lowest BCUT2D eigenvalue weighted by molar-refractivity contribution is -0.139. The van der Waals surface area contributed by atoms with Crippen LogP contribution in [0.25, 0.3) is 6.08 Å². The van der Waals surface area contributed by atoms with Gasteiger partial charge in [0.25, 0.3) is 5.56 Å². The Labute approximate surface area is 249 Å². The molecule has 0 spiro atoms. The maximum atomic E-state index is 14.1. The van der Waals surface area contributed by atoms with Crippen molar-refractivity contribution in [1.29, 1.82) is 0 Å². The molecule has 0 unspecified atom stereocenters. The molecule has 1 atom stereocenters. The predicted octanol–water partition coefficient (Wildman–Crippen LogP) is 4.67. The van der Waals surface area contributed by atoms with Crippen LogP contribution >= 0.6 is 11.3 Å². The number of carbonyl (C=O) groups is 1. The van der Waals surface area contributed by atoms with Gasteiger partial charge in [0.05, 0.1) is 42.7 Å². The number of rotatable bonds is 9. The van der Waals surface area contributed by atoms with Crippen LogP contribution in [0, 0.1) is 11.6 Å². The summed E-state index contributed by atoms with van der Waals surface area (Å²) in [5.74, 6) is -1.04. The minimum Gasteiger partial charge on any atom is -0.497 e. The highest BCUT2D eigenvalue weighted by molar-refractivity contribution is 7.07. The number of fused-ring (bicyclic) bond motifs is 1. The zero-order valence-corrected chi connectivity index (χ0v) is 24.7. The second-order valence-electron chi connectivity index (χ2n) is 9.51. The van der Waals surface area contributed by atoms with Crippen LogP contribution in [0.1, 0.15) is 36.6 Å². The summed E-state index contributed by atoms with van der Waals surface area (Å²) in [4.78, 5) is 32.0. The molecular weight excluding hydrogens is 578 g/mol. The second kappa shape index (κ2) is 12.6. The Morgan fingerprint density at radius 2 is 1.77 bits per heavy atom. The molecule has 1 aromatic heterocycles. The standard InChI is InChI=1S/C32H28F2N2O6S/c1-5-41-31(38)28-18(2)35-32-36(29(28)20-7-10-23(39-3)11-8-20)30(37)27(43-32)15-19-6-12-25(40-4)21(14-19)17-42-26-13-9-22(33)16-24(26)34/h6-16,29H,5,17H2,1-4H3/t29-/m1/s1. The van der Waals surface area contributed by atoms with Gasteiger partial charge < -0.3 is 18.9 Å². The van der Waals surface area contributed by atoms with Gasteiger partial charge in [-0.05, 0) is 67.4 Å². The van der Waals surface area contributed by atoms with Gasteiger partial charge in [0, 0.05) is 11.6 Å². The number of thiazole rings is 1. The molecule has 2 heterocycles. The number of hydrogen-bond donors (Lipinski definition) is 0. The number of carbonyl (C=O) groups excluding carboxylic acids is 1. The molecule has 0 bridgehead atoms. The molecule has 0 aliphatic carbocycles. The molecule has 222 valence electrons. The average Bonchev–Trinajstić information content (AvgIpc) is 3.30. The first-order valence-electron chi connectivity index (χ1n) is 13.3. The first-order chi connectivity index (χ1) is 20.7. The van der Waals surface area contributed by atoms with Crippen LogP contribution in [0.4, 0.5) is 8.78 Å². The molecule has 0 fully saturated rings. The van der Waals surface area contributed by atoms with Crippen molar-refractivity contribution in [3.8, 4) is 17.2 Å². The van der Waals surface area contributed by atoms with Crippen molar-refractivity contribution in [3.63, 3.8) is 0 Å². The molecule has 0 radical (unpaired) electrons. The Morgan fingerprint density at radius 3 is 2.44 bits per heavy atom. The zero-order valence-electron chi connectivity index (χ0n) is 23.9. The quantitative estimate of drug-likeness (QED) is 0.258. The number of methoxy groups -OCH3 is 2. The fourth-order valence-electron chi connectivity index (χ4n) is 4.79. The molecular formula is C32H28F2N2O6S. The van der Waals surface area contributed by atoms with Gasteiger partial charge in [-0.15, -0.1) is 0 Å². The van der Waals surface area contributed by atoms with E-state index in [4.69, 9.17) is 18.9 Å². The van der Waals surface area contributed by atoms with E-state index in [0.29, 0.717) is 43.2 Å². The molecule has 1 aliphatic heterocycles. The molecule has 0 saturated carbocycles. The number of aromatic nitrogens is 1. The molecule has 1 aliphatic rings. The third kappa shape index (κ3) is 6.07. The summed E-state index contributed by atoms with van der Waals surface area (Å²) in [6, 6.07) is 14.7. The zero-order chi connectivity index (χ0) is 30.7. The summed E-state index contributed by atoms with van der Waals surface area (Å²) in [7, 11) is 3.06.